The van der Waals surface area contributed by atoms with Crippen LogP contribution in [-0.4, -0.2) is 32.8 Å². The van der Waals surface area contributed by atoms with Gasteiger partial charge in [0.25, 0.3) is 0 Å². The van der Waals surface area contributed by atoms with Crippen LogP contribution in [0.25, 0.3) is 0 Å². The first kappa shape index (κ1) is 10.5. The van der Waals surface area contributed by atoms with Crippen LogP contribution in [0.1, 0.15) is 30.5 Å². The molecular formula is C9H12N2O3S. The summed E-state index contributed by atoms with van der Waals surface area (Å²) in [5.41, 5.74) is 0. The van der Waals surface area contributed by atoms with Gasteiger partial charge < -0.3 is 9.52 Å². The molecule has 1 fully saturated rings. The molecule has 2 rings (SSSR count). The van der Waals surface area contributed by atoms with E-state index in [0.717, 1.165) is 17.9 Å². The van der Waals surface area contributed by atoms with Crippen molar-refractivity contribution in [3.05, 3.63) is 11.8 Å². The zero-order chi connectivity index (χ0) is 10.7. The molecule has 5 nitrogen and oxygen atoms in total. The van der Waals surface area contributed by atoms with Gasteiger partial charge in [-0.1, -0.05) is 0 Å². The van der Waals surface area contributed by atoms with Gasteiger partial charge in [0.2, 0.25) is 11.8 Å². The van der Waals surface area contributed by atoms with Gasteiger partial charge in [-0.05, 0) is 12.2 Å². The van der Waals surface area contributed by atoms with Gasteiger partial charge in [0.05, 0.1) is 6.42 Å². The van der Waals surface area contributed by atoms with Crippen molar-refractivity contribution >= 4 is 17.7 Å². The zero-order valence-electron chi connectivity index (χ0n) is 8.18. The molecule has 2 heterocycles. The monoisotopic (exact) mass is 228 g/mol. The average molecular weight is 228 g/mol. The fourth-order valence-corrected chi connectivity index (χ4v) is 2.69. The second-order valence-corrected chi connectivity index (χ2v) is 4.64. The van der Waals surface area contributed by atoms with E-state index in [1.165, 1.54) is 0 Å². The molecule has 0 spiro atoms. The van der Waals surface area contributed by atoms with Crippen LogP contribution in [0.2, 0.25) is 0 Å². The molecular weight excluding hydrogens is 216 g/mol. The summed E-state index contributed by atoms with van der Waals surface area (Å²) in [6, 6.07) is 0. The summed E-state index contributed by atoms with van der Waals surface area (Å²) >= 11 is 1.88. The quantitative estimate of drug-likeness (QED) is 0.837. The average Bonchev–Trinajstić information content (AvgIpc) is 2.85. The third kappa shape index (κ3) is 2.71. The van der Waals surface area contributed by atoms with Gasteiger partial charge in [0.15, 0.2) is 0 Å². The summed E-state index contributed by atoms with van der Waals surface area (Å²) in [4.78, 5) is 10.3. The van der Waals surface area contributed by atoms with E-state index in [1.54, 1.807) is 0 Å². The van der Waals surface area contributed by atoms with Crippen molar-refractivity contribution in [1.29, 1.82) is 0 Å². The third-order valence-electron chi connectivity index (χ3n) is 2.31. The second kappa shape index (κ2) is 4.65. The first-order valence-electron chi connectivity index (χ1n) is 4.87. The highest BCUT2D eigenvalue weighted by molar-refractivity contribution is 7.99. The summed E-state index contributed by atoms with van der Waals surface area (Å²) in [6.45, 7) is 0. The predicted molar refractivity (Wildman–Crippen MR) is 54.9 cm³/mol. The fraction of sp³-hybridized carbons (Fsp3) is 0.667. The van der Waals surface area contributed by atoms with Crippen molar-refractivity contribution in [2.45, 2.75) is 25.2 Å². The van der Waals surface area contributed by atoms with E-state index in [-0.39, 0.29) is 6.42 Å². The second-order valence-electron chi connectivity index (χ2n) is 3.49. The van der Waals surface area contributed by atoms with Crippen molar-refractivity contribution in [1.82, 2.24) is 10.2 Å². The first-order chi connectivity index (χ1) is 7.25. The van der Waals surface area contributed by atoms with Gasteiger partial charge in [-0.15, -0.1) is 10.2 Å². The molecule has 1 saturated heterocycles. The van der Waals surface area contributed by atoms with Crippen LogP contribution in [0.5, 0.6) is 0 Å². The van der Waals surface area contributed by atoms with E-state index in [1.807, 2.05) is 11.8 Å². The van der Waals surface area contributed by atoms with Gasteiger partial charge in [0, 0.05) is 18.1 Å². The number of rotatable bonds is 4. The molecule has 1 unspecified atom stereocenters. The van der Waals surface area contributed by atoms with Gasteiger partial charge in [-0.3, -0.25) is 4.79 Å². The maximum Gasteiger partial charge on any atom is 0.303 e. The number of aliphatic carboxylic acids is 1. The van der Waals surface area contributed by atoms with E-state index >= 15 is 0 Å². The van der Waals surface area contributed by atoms with Crippen LogP contribution < -0.4 is 0 Å². The Kier molecular flexibility index (Phi) is 3.25. The Bertz CT molecular complexity index is 347. The number of hydrogen-bond donors (Lipinski definition) is 1. The summed E-state index contributed by atoms with van der Waals surface area (Å²) in [5.74, 6) is 2.79. The smallest absolute Gasteiger partial charge is 0.303 e. The number of carboxylic acids is 1. The third-order valence-corrected chi connectivity index (χ3v) is 3.48. The lowest BCUT2D eigenvalue weighted by Gasteiger charge is -1.99. The molecule has 1 atom stereocenters. The standard InChI is InChI=1S/C9H12N2O3S/c12-8(13)2-1-7-10-11-9(14-7)6-3-4-15-5-6/h6H,1-5H2,(H,12,13). The summed E-state index contributed by atoms with van der Waals surface area (Å²) in [5, 5.41) is 16.3. The number of thioether (sulfide) groups is 1. The summed E-state index contributed by atoms with van der Waals surface area (Å²) < 4.78 is 5.42. The molecule has 6 heteroatoms. The molecule has 0 bridgehead atoms. The Balaban J connectivity index is 1.94. The number of carboxylic acid groups (broad SMARTS) is 1. The molecule has 15 heavy (non-hydrogen) atoms. The van der Waals surface area contributed by atoms with E-state index in [0.29, 0.717) is 24.1 Å². The largest absolute Gasteiger partial charge is 0.481 e. The van der Waals surface area contributed by atoms with Gasteiger partial charge in [-0.2, -0.15) is 11.8 Å². The van der Waals surface area contributed by atoms with E-state index in [9.17, 15) is 4.79 Å². The molecule has 0 radical (unpaired) electrons. The number of hydrogen-bond acceptors (Lipinski definition) is 5. The van der Waals surface area contributed by atoms with Crippen LogP contribution in [0.3, 0.4) is 0 Å². The Morgan fingerprint density at radius 3 is 3.13 bits per heavy atom. The summed E-state index contributed by atoms with van der Waals surface area (Å²) in [6.07, 6.45) is 1.44. The highest BCUT2D eigenvalue weighted by atomic mass is 32.2. The van der Waals surface area contributed by atoms with Crippen LogP contribution in [-0.2, 0) is 11.2 Å². The molecule has 0 amide bonds. The molecule has 1 aromatic rings. The molecule has 82 valence electrons. The Morgan fingerprint density at radius 1 is 1.60 bits per heavy atom. The lowest BCUT2D eigenvalue weighted by molar-refractivity contribution is -0.137. The molecule has 1 aromatic heterocycles. The Hall–Kier alpha value is -1.04. The number of aromatic nitrogens is 2. The van der Waals surface area contributed by atoms with Crippen molar-refractivity contribution in [3.8, 4) is 0 Å². The first-order valence-corrected chi connectivity index (χ1v) is 6.03. The minimum Gasteiger partial charge on any atom is -0.481 e. The van der Waals surface area contributed by atoms with Crippen molar-refractivity contribution in [2.24, 2.45) is 0 Å². The lowest BCUT2D eigenvalue weighted by atomic mass is 10.1. The zero-order valence-corrected chi connectivity index (χ0v) is 9.00. The van der Waals surface area contributed by atoms with E-state index < -0.39 is 5.97 Å². The van der Waals surface area contributed by atoms with E-state index in [4.69, 9.17) is 9.52 Å². The Labute approximate surface area is 91.3 Å². The van der Waals surface area contributed by atoms with Gasteiger partial charge in [0.1, 0.15) is 0 Å². The molecule has 1 aliphatic rings. The van der Waals surface area contributed by atoms with Gasteiger partial charge in [-0.25, -0.2) is 0 Å². The topological polar surface area (TPSA) is 76.2 Å². The molecule has 0 aromatic carbocycles. The van der Waals surface area contributed by atoms with Crippen LogP contribution in [0.4, 0.5) is 0 Å². The normalized spacial score (nSPS) is 20.7. The maximum atomic E-state index is 10.3. The van der Waals surface area contributed by atoms with E-state index in [2.05, 4.69) is 10.2 Å². The van der Waals surface area contributed by atoms with Crippen LogP contribution in [0, 0.1) is 0 Å². The minimum absolute atomic E-state index is 0.0427. The number of nitrogens with zero attached hydrogens (tertiary/aromatic N) is 2. The lowest BCUT2D eigenvalue weighted by Crippen LogP contribution is -1.97. The van der Waals surface area contributed by atoms with Crippen molar-refractivity contribution in [2.75, 3.05) is 11.5 Å². The number of carbonyl (C=O) groups is 1. The van der Waals surface area contributed by atoms with Crippen molar-refractivity contribution < 1.29 is 14.3 Å². The minimum atomic E-state index is -0.842. The van der Waals surface area contributed by atoms with Crippen molar-refractivity contribution in [3.63, 3.8) is 0 Å². The molecule has 0 saturated carbocycles. The highest BCUT2D eigenvalue weighted by Crippen LogP contribution is 2.31. The summed E-state index contributed by atoms with van der Waals surface area (Å²) in [7, 11) is 0. The molecule has 1 aliphatic heterocycles. The maximum absolute atomic E-state index is 10.3. The SMILES string of the molecule is O=C(O)CCc1nnc(C2CCSC2)o1. The van der Waals surface area contributed by atoms with Crippen LogP contribution >= 0.6 is 11.8 Å². The molecule has 1 N–H and O–H groups in total. The Morgan fingerprint density at radius 2 is 2.47 bits per heavy atom. The van der Waals surface area contributed by atoms with Gasteiger partial charge >= 0.3 is 5.97 Å². The molecule has 0 aliphatic carbocycles. The fourth-order valence-electron chi connectivity index (χ4n) is 1.48. The number of aryl methyl sites for hydroxylation is 1. The highest BCUT2D eigenvalue weighted by Gasteiger charge is 2.23. The van der Waals surface area contributed by atoms with Crippen LogP contribution in [0.15, 0.2) is 4.42 Å². The predicted octanol–water partition coefficient (Wildman–Crippen LogP) is 1.31.